The van der Waals surface area contributed by atoms with Crippen molar-refractivity contribution >= 4 is 17.4 Å². The predicted molar refractivity (Wildman–Crippen MR) is 56.3 cm³/mol. The Morgan fingerprint density at radius 2 is 2.35 bits per heavy atom. The van der Waals surface area contributed by atoms with E-state index < -0.39 is 11.8 Å². The van der Waals surface area contributed by atoms with Crippen molar-refractivity contribution in [3.8, 4) is 0 Å². The molecule has 0 saturated carbocycles. The van der Waals surface area contributed by atoms with E-state index in [2.05, 4.69) is 14.9 Å². The van der Waals surface area contributed by atoms with E-state index in [9.17, 15) is 14.1 Å². The minimum absolute atomic E-state index is 0.0927. The molecule has 7 heteroatoms. The molecule has 0 aromatic carbocycles. The van der Waals surface area contributed by atoms with Crippen molar-refractivity contribution in [2.75, 3.05) is 7.11 Å². The molecule has 0 radical (unpaired) electrons. The highest BCUT2D eigenvalue weighted by Crippen LogP contribution is 2.22. The van der Waals surface area contributed by atoms with Gasteiger partial charge in [-0.1, -0.05) is 0 Å². The summed E-state index contributed by atoms with van der Waals surface area (Å²) in [5.74, 6) is -1.16. The highest BCUT2D eigenvalue weighted by molar-refractivity contribution is 5.74. The summed E-state index contributed by atoms with van der Waals surface area (Å²) in [5.41, 5.74) is 0.511. The van der Waals surface area contributed by atoms with Gasteiger partial charge in [-0.25, -0.2) is 9.37 Å². The van der Waals surface area contributed by atoms with Gasteiger partial charge < -0.3 is 4.74 Å². The summed E-state index contributed by atoms with van der Waals surface area (Å²) >= 11 is 0. The lowest BCUT2D eigenvalue weighted by Crippen LogP contribution is -2.04. The molecule has 0 atom stereocenters. The van der Waals surface area contributed by atoms with Gasteiger partial charge in [0.1, 0.15) is 17.2 Å². The lowest BCUT2D eigenvalue weighted by atomic mass is 10.3. The first-order chi connectivity index (χ1) is 8.15. The van der Waals surface area contributed by atoms with Crippen molar-refractivity contribution in [1.82, 2.24) is 9.38 Å². The number of esters is 1. The average molecular weight is 237 g/mol. The molecule has 0 aliphatic heterocycles. The number of carbonyl (C=O) groups is 1. The smallest absolute Gasteiger partial charge is 0.311 e. The molecule has 0 spiro atoms. The van der Waals surface area contributed by atoms with Crippen LogP contribution in [0.5, 0.6) is 0 Å². The highest BCUT2D eigenvalue weighted by atomic mass is 19.1. The van der Waals surface area contributed by atoms with Gasteiger partial charge in [0.2, 0.25) is 5.82 Å². The fourth-order valence-corrected chi connectivity index (χ4v) is 1.48. The zero-order valence-electron chi connectivity index (χ0n) is 8.88. The van der Waals surface area contributed by atoms with Gasteiger partial charge in [0.05, 0.1) is 13.5 Å². The number of ether oxygens (including phenoxy) is 1. The summed E-state index contributed by atoms with van der Waals surface area (Å²) in [6.45, 7) is 0. The second kappa shape index (κ2) is 4.28. The summed E-state index contributed by atoms with van der Waals surface area (Å²) in [4.78, 5) is 25.8. The van der Waals surface area contributed by atoms with Gasteiger partial charge in [-0.05, 0) is 17.3 Å². The third-order valence-corrected chi connectivity index (χ3v) is 2.25. The van der Waals surface area contributed by atoms with Crippen LogP contribution in [0.2, 0.25) is 0 Å². The predicted octanol–water partition coefficient (Wildman–Crippen LogP) is 1.59. The van der Waals surface area contributed by atoms with Crippen molar-refractivity contribution in [3.63, 3.8) is 0 Å². The van der Waals surface area contributed by atoms with E-state index in [4.69, 9.17) is 0 Å². The molecule has 0 aliphatic carbocycles. The van der Waals surface area contributed by atoms with Crippen LogP contribution in [-0.2, 0) is 16.0 Å². The van der Waals surface area contributed by atoms with Crippen LogP contribution < -0.4 is 0 Å². The minimum Gasteiger partial charge on any atom is -0.469 e. The van der Waals surface area contributed by atoms with E-state index in [0.717, 1.165) is 6.20 Å². The Labute approximate surface area is 95.0 Å². The van der Waals surface area contributed by atoms with Crippen LogP contribution in [0.25, 0.3) is 5.65 Å². The monoisotopic (exact) mass is 237 g/mol. The zero-order chi connectivity index (χ0) is 12.4. The van der Waals surface area contributed by atoms with Crippen molar-refractivity contribution in [2.45, 2.75) is 6.42 Å². The van der Waals surface area contributed by atoms with E-state index in [1.54, 1.807) is 0 Å². The number of carbonyl (C=O) groups excluding carboxylic acids is 1. The zero-order valence-corrected chi connectivity index (χ0v) is 8.88. The van der Waals surface area contributed by atoms with Crippen LogP contribution in [0.4, 0.5) is 10.2 Å². The van der Waals surface area contributed by atoms with Crippen molar-refractivity contribution in [3.05, 3.63) is 34.7 Å². The normalized spacial score (nSPS) is 10.5. The number of aromatic nitrogens is 2. The van der Waals surface area contributed by atoms with Gasteiger partial charge in [-0.2, -0.15) is 0 Å². The van der Waals surface area contributed by atoms with Gasteiger partial charge in [0.25, 0.3) is 0 Å². The Morgan fingerprint density at radius 1 is 1.59 bits per heavy atom. The largest absolute Gasteiger partial charge is 0.469 e. The van der Waals surface area contributed by atoms with E-state index in [0.29, 0.717) is 5.65 Å². The fourth-order valence-electron chi connectivity index (χ4n) is 1.48. The van der Waals surface area contributed by atoms with Crippen molar-refractivity contribution < 1.29 is 13.9 Å². The first-order valence-corrected chi connectivity index (χ1v) is 4.72. The molecule has 0 saturated heterocycles. The van der Waals surface area contributed by atoms with Crippen LogP contribution in [-0.4, -0.2) is 22.5 Å². The number of nitrogens with zero attached hydrogens (tertiary/aromatic N) is 3. The second-order valence-corrected chi connectivity index (χ2v) is 3.30. The van der Waals surface area contributed by atoms with Gasteiger partial charge in [0, 0.05) is 6.20 Å². The standard InChI is InChI=1S/C10H8FN3O3/c1-17-9(15)4-7-10(13-16)14-5-6(11)2-3-8(14)12-7/h2-3,5H,4H2,1H3. The highest BCUT2D eigenvalue weighted by Gasteiger charge is 2.16. The number of nitroso groups, excluding NO2 is 1. The summed E-state index contributed by atoms with van der Waals surface area (Å²) in [7, 11) is 1.23. The number of fused-ring (bicyclic) bond motifs is 1. The first-order valence-electron chi connectivity index (χ1n) is 4.72. The number of hydrogen-bond donors (Lipinski definition) is 0. The lowest BCUT2D eigenvalue weighted by molar-refractivity contribution is -0.139. The van der Waals surface area contributed by atoms with Crippen molar-refractivity contribution in [1.29, 1.82) is 0 Å². The fraction of sp³-hybridized carbons (Fsp3) is 0.200. The molecule has 2 heterocycles. The van der Waals surface area contributed by atoms with E-state index in [1.807, 2.05) is 0 Å². The molecule has 2 aromatic rings. The Balaban J connectivity index is 2.56. The number of pyridine rings is 1. The minimum atomic E-state index is -0.543. The molecule has 0 aliphatic rings. The Bertz CT molecular complexity index is 594. The van der Waals surface area contributed by atoms with Gasteiger partial charge in [-0.3, -0.25) is 9.20 Å². The van der Waals surface area contributed by atoms with E-state index in [1.165, 1.54) is 23.6 Å². The SMILES string of the molecule is COC(=O)Cc1nc2ccc(F)cn2c1N=O. The maximum absolute atomic E-state index is 13.0. The van der Waals surface area contributed by atoms with Gasteiger partial charge in [0.15, 0.2) is 0 Å². The third kappa shape index (κ3) is 1.99. The Kier molecular flexibility index (Phi) is 2.82. The Morgan fingerprint density at radius 3 is 3.00 bits per heavy atom. The molecule has 0 unspecified atom stereocenters. The van der Waals surface area contributed by atoms with Crippen LogP contribution in [0.3, 0.4) is 0 Å². The number of imidazole rings is 1. The number of hydrogen-bond acceptors (Lipinski definition) is 5. The molecule has 6 nitrogen and oxygen atoms in total. The van der Waals surface area contributed by atoms with Crippen molar-refractivity contribution in [2.24, 2.45) is 5.18 Å². The summed E-state index contributed by atoms with van der Waals surface area (Å²) < 4.78 is 18.7. The molecular weight excluding hydrogens is 229 g/mol. The van der Waals surface area contributed by atoms with Gasteiger partial charge >= 0.3 is 5.97 Å². The topological polar surface area (TPSA) is 73.0 Å². The second-order valence-electron chi connectivity index (χ2n) is 3.30. The quantitative estimate of drug-likeness (QED) is 0.600. The number of methoxy groups -OCH3 is 1. The summed E-state index contributed by atoms with van der Waals surface area (Å²) in [6.07, 6.45) is 0.903. The Hall–Kier alpha value is -2.31. The molecule has 0 amide bonds. The summed E-state index contributed by atoms with van der Waals surface area (Å²) in [5, 5.41) is 2.76. The van der Waals surface area contributed by atoms with E-state index >= 15 is 0 Å². The third-order valence-electron chi connectivity index (χ3n) is 2.25. The molecule has 0 fully saturated rings. The first kappa shape index (κ1) is 11.2. The number of halogens is 1. The molecule has 88 valence electrons. The molecule has 17 heavy (non-hydrogen) atoms. The molecule has 0 N–H and O–H groups in total. The van der Waals surface area contributed by atoms with E-state index in [-0.39, 0.29) is 17.9 Å². The van der Waals surface area contributed by atoms with Crippen LogP contribution in [0, 0.1) is 10.7 Å². The maximum atomic E-state index is 13.0. The van der Waals surface area contributed by atoms with Crippen LogP contribution in [0.15, 0.2) is 23.5 Å². The summed E-state index contributed by atoms with van der Waals surface area (Å²) in [6, 6.07) is 2.60. The molecule has 0 bridgehead atoms. The molecule has 2 rings (SSSR count). The van der Waals surface area contributed by atoms with Crippen LogP contribution >= 0.6 is 0 Å². The van der Waals surface area contributed by atoms with Gasteiger partial charge in [-0.15, -0.1) is 4.91 Å². The molecule has 2 aromatic heterocycles. The van der Waals surface area contributed by atoms with Crippen LogP contribution in [0.1, 0.15) is 5.69 Å². The average Bonchev–Trinajstić information content (AvgIpc) is 2.65. The maximum Gasteiger partial charge on any atom is 0.311 e. The number of rotatable bonds is 3. The molecular formula is C10H8FN3O3. The lowest BCUT2D eigenvalue weighted by Gasteiger charge is -1.96.